The van der Waals surface area contributed by atoms with Gasteiger partial charge in [0.15, 0.2) is 5.78 Å². The van der Waals surface area contributed by atoms with Crippen LogP contribution in [0.1, 0.15) is 36.3 Å². The number of aromatic amines is 1. The Kier molecular flexibility index (Phi) is 3.64. The predicted molar refractivity (Wildman–Crippen MR) is 98.0 cm³/mol. The second-order valence-electron chi connectivity index (χ2n) is 7.27. The first-order valence-corrected chi connectivity index (χ1v) is 8.39. The summed E-state index contributed by atoms with van der Waals surface area (Å²) in [5, 5.41) is 3.40. The highest BCUT2D eigenvalue weighted by molar-refractivity contribution is 6.07. The van der Waals surface area contributed by atoms with Crippen LogP contribution in [0.5, 0.6) is 0 Å². The van der Waals surface area contributed by atoms with Crippen LogP contribution in [0, 0.1) is 5.41 Å². The molecule has 3 aromatic heterocycles. The highest BCUT2D eigenvalue weighted by Gasteiger charge is 2.35. The fraction of sp³-hybridized carbons (Fsp3) is 0.250. The van der Waals surface area contributed by atoms with E-state index in [0.29, 0.717) is 6.42 Å². The molecule has 0 radical (unpaired) electrons. The average Bonchev–Trinajstić information content (AvgIpc) is 2.93. The topological polar surface area (TPSA) is 70.7 Å². The van der Waals surface area contributed by atoms with E-state index in [1.54, 1.807) is 24.8 Å². The number of pyridine rings is 2. The van der Waals surface area contributed by atoms with E-state index in [9.17, 15) is 4.79 Å². The second-order valence-corrected chi connectivity index (χ2v) is 7.27. The van der Waals surface area contributed by atoms with Crippen molar-refractivity contribution in [2.24, 2.45) is 5.41 Å². The summed E-state index contributed by atoms with van der Waals surface area (Å²) >= 11 is 0. The first-order chi connectivity index (χ1) is 12.0. The van der Waals surface area contributed by atoms with Crippen molar-refractivity contribution < 1.29 is 4.79 Å². The minimum absolute atomic E-state index is 0.0317. The Morgan fingerprint density at radius 1 is 1.08 bits per heavy atom. The molecule has 126 valence electrons. The summed E-state index contributed by atoms with van der Waals surface area (Å²) in [7, 11) is 0. The van der Waals surface area contributed by atoms with Gasteiger partial charge in [0, 0.05) is 36.3 Å². The normalized spacial score (nSPS) is 15.7. The number of carbonyl (C=O) groups is 1. The van der Waals surface area contributed by atoms with E-state index in [2.05, 4.69) is 34.1 Å². The van der Waals surface area contributed by atoms with Crippen molar-refractivity contribution in [3.8, 4) is 11.3 Å². The molecule has 5 heteroatoms. The summed E-state index contributed by atoms with van der Waals surface area (Å²) < 4.78 is 0. The first kappa shape index (κ1) is 15.6. The maximum Gasteiger partial charge on any atom is 0.167 e. The fourth-order valence-corrected chi connectivity index (χ4v) is 3.50. The van der Waals surface area contributed by atoms with Crippen molar-refractivity contribution in [2.45, 2.75) is 26.7 Å². The number of nitrogens with zero attached hydrogens (tertiary/aromatic N) is 2. The van der Waals surface area contributed by atoms with Gasteiger partial charge in [0.1, 0.15) is 0 Å². The van der Waals surface area contributed by atoms with E-state index in [0.717, 1.165) is 40.3 Å². The number of ketones is 1. The van der Waals surface area contributed by atoms with Crippen molar-refractivity contribution in [2.75, 3.05) is 5.32 Å². The molecule has 0 aliphatic heterocycles. The van der Waals surface area contributed by atoms with Crippen molar-refractivity contribution in [3.63, 3.8) is 0 Å². The zero-order valence-corrected chi connectivity index (χ0v) is 14.3. The molecule has 0 unspecified atom stereocenters. The molecule has 0 amide bonds. The molecule has 0 bridgehead atoms. The molecular formula is C20H20N4O. The third kappa shape index (κ3) is 2.93. The lowest BCUT2D eigenvalue weighted by Gasteiger charge is -2.28. The number of H-pyrrole nitrogens is 1. The van der Waals surface area contributed by atoms with Gasteiger partial charge in [-0.2, -0.15) is 0 Å². The van der Waals surface area contributed by atoms with Crippen LogP contribution in [0.3, 0.4) is 0 Å². The van der Waals surface area contributed by atoms with Crippen LogP contribution in [-0.2, 0) is 6.42 Å². The number of fused-ring (bicyclic) bond motifs is 1. The Bertz CT molecular complexity index is 914. The third-order valence-electron chi connectivity index (χ3n) is 4.55. The SMILES string of the molecule is CC1(C)CC(=O)c2c([nH]c(-c3ccncc3)c2Nc2cccnc2)C1. The van der Waals surface area contributed by atoms with Gasteiger partial charge < -0.3 is 10.3 Å². The maximum atomic E-state index is 12.9. The number of aromatic nitrogens is 3. The molecule has 2 N–H and O–H groups in total. The number of rotatable bonds is 3. The molecule has 25 heavy (non-hydrogen) atoms. The summed E-state index contributed by atoms with van der Waals surface area (Å²) in [4.78, 5) is 24.6. The predicted octanol–water partition coefficient (Wildman–Crippen LogP) is 4.37. The monoisotopic (exact) mass is 332 g/mol. The van der Waals surface area contributed by atoms with E-state index in [1.165, 1.54) is 0 Å². The van der Waals surface area contributed by atoms with E-state index < -0.39 is 0 Å². The van der Waals surface area contributed by atoms with Crippen LogP contribution < -0.4 is 5.32 Å². The van der Waals surface area contributed by atoms with Gasteiger partial charge in [-0.25, -0.2) is 0 Å². The average molecular weight is 332 g/mol. The van der Waals surface area contributed by atoms with E-state index in [4.69, 9.17) is 0 Å². The summed E-state index contributed by atoms with van der Waals surface area (Å²) in [6.07, 6.45) is 8.40. The summed E-state index contributed by atoms with van der Waals surface area (Å²) in [6, 6.07) is 7.71. The fourth-order valence-electron chi connectivity index (χ4n) is 3.50. The smallest absolute Gasteiger partial charge is 0.167 e. The molecule has 0 aromatic carbocycles. The number of Topliss-reactive ketones (excluding diaryl/α,β-unsaturated/α-hetero) is 1. The highest BCUT2D eigenvalue weighted by Crippen LogP contribution is 2.42. The summed E-state index contributed by atoms with van der Waals surface area (Å²) in [5.74, 6) is 0.175. The number of carbonyl (C=O) groups excluding carboxylic acids is 1. The molecular weight excluding hydrogens is 312 g/mol. The van der Waals surface area contributed by atoms with Gasteiger partial charge in [-0.15, -0.1) is 0 Å². The largest absolute Gasteiger partial charge is 0.356 e. The van der Waals surface area contributed by atoms with Crippen LogP contribution in [0.2, 0.25) is 0 Å². The zero-order valence-electron chi connectivity index (χ0n) is 14.3. The minimum Gasteiger partial charge on any atom is -0.356 e. The lowest BCUT2D eigenvalue weighted by Crippen LogP contribution is -2.26. The Balaban J connectivity index is 1.88. The summed E-state index contributed by atoms with van der Waals surface area (Å²) in [5.41, 5.74) is 5.35. The molecule has 4 rings (SSSR count). The number of hydrogen-bond acceptors (Lipinski definition) is 4. The number of nitrogens with one attached hydrogen (secondary N) is 2. The molecule has 1 aliphatic rings. The van der Waals surface area contributed by atoms with Crippen LogP contribution >= 0.6 is 0 Å². The van der Waals surface area contributed by atoms with Gasteiger partial charge in [-0.1, -0.05) is 13.8 Å². The van der Waals surface area contributed by atoms with Gasteiger partial charge in [0.05, 0.1) is 28.8 Å². The molecule has 0 fully saturated rings. The maximum absolute atomic E-state index is 12.9. The van der Waals surface area contributed by atoms with Gasteiger partial charge in [-0.3, -0.25) is 14.8 Å². The molecule has 1 aliphatic carbocycles. The van der Waals surface area contributed by atoms with Crippen LogP contribution in [0.4, 0.5) is 11.4 Å². The van der Waals surface area contributed by atoms with Gasteiger partial charge >= 0.3 is 0 Å². The molecule has 0 spiro atoms. The van der Waals surface area contributed by atoms with Crippen LogP contribution in [-0.4, -0.2) is 20.7 Å². The Morgan fingerprint density at radius 3 is 2.60 bits per heavy atom. The zero-order chi connectivity index (χ0) is 17.4. The Labute approximate surface area is 146 Å². The number of anilines is 2. The van der Waals surface area contributed by atoms with Gasteiger partial charge in [0.25, 0.3) is 0 Å². The minimum atomic E-state index is -0.0317. The third-order valence-corrected chi connectivity index (χ3v) is 4.55. The van der Waals surface area contributed by atoms with Crippen molar-refractivity contribution in [1.82, 2.24) is 15.0 Å². The van der Waals surface area contributed by atoms with Gasteiger partial charge in [0.2, 0.25) is 0 Å². The highest BCUT2D eigenvalue weighted by atomic mass is 16.1. The molecule has 5 nitrogen and oxygen atoms in total. The van der Waals surface area contributed by atoms with Gasteiger partial charge in [-0.05, 0) is 36.1 Å². The quantitative estimate of drug-likeness (QED) is 0.747. The molecule has 3 aromatic rings. The number of hydrogen-bond donors (Lipinski definition) is 2. The molecule has 0 saturated carbocycles. The Morgan fingerprint density at radius 2 is 1.88 bits per heavy atom. The van der Waals surface area contributed by atoms with Crippen molar-refractivity contribution in [1.29, 1.82) is 0 Å². The molecule has 3 heterocycles. The van der Waals surface area contributed by atoms with Crippen molar-refractivity contribution >= 4 is 17.2 Å². The summed E-state index contributed by atoms with van der Waals surface area (Å²) in [6.45, 7) is 4.27. The second kappa shape index (κ2) is 5.84. The van der Waals surface area contributed by atoms with Crippen molar-refractivity contribution in [3.05, 3.63) is 60.3 Å². The first-order valence-electron chi connectivity index (χ1n) is 8.39. The van der Waals surface area contributed by atoms with Crippen LogP contribution in [0.25, 0.3) is 11.3 Å². The molecule has 0 saturated heterocycles. The lowest BCUT2D eigenvalue weighted by molar-refractivity contribution is 0.0912. The van der Waals surface area contributed by atoms with E-state index >= 15 is 0 Å². The van der Waals surface area contributed by atoms with E-state index in [1.807, 2.05) is 24.3 Å². The standard InChI is InChI=1S/C20H20N4O/c1-20(2)10-15-17(16(25)11-20)19(23-14-4-3-7-22-12-14)18(24-15)13-5-8-21-9-6-13/h3-9,12,23-24H,10-11H2,1-2H3. The van der Waals surface area contributed by atoms with Crippen LogP contribution in [0.15, 0.2) is 49.1 Å². The lowest BCUT2D eigenvalue weighted by atomic mass is 9.76. The van der Waals surface area contributed by atoms with E-state index in [-0.39, 0.29) is 11.2 Å². The molecule has 0 atom stereocenters. The Hall–Kier alpha value is -2.95.